The van der Waals surface area contributed by atoms with Gasteiger partial charge in [0.25, 0.3) is 0 Å². The Hall–Kier alpha value is -0.790. The number of aliphatic hydroxyl groups excluding tert-OH is 1. The summed E-state index contributed by atoms with van der Waals surface area (Å²) in [4.78, 5) is 10.4. The number of ether oxygens (including phenoxy) is 4. The van der Waals surface area contributed by atoms with E-state index in [1.54, 1.807) is 13.8 Å². The standard InChI is InChI=1S/C14H22O6/c1-13(2)17-8-10(18-13)12-11(9(16)6-5-7-15)19-14(3,4)20-12/h5-7,9-12,16H,8H2,1-4H3/b6-5+/t9-,10+,11+,12+/m0/s1. The van der Waals surface area contributed by atoms with Crippen molar-refractivity contribution in [2.24, 2.45) is 0 Å². The Balaban J connectivity index is 2.12. The smallest absolute Gasteiger partial charge is 0.164 e. The van der Waals surface area contributed by atoms with Gasteiger partial charge in [0.1, 0.15) is 30.7 Å². The van der Waals surface area contributed by atoms with E-state index >= 15 is 0 Å². The maximum Gasteiger partial charge on any atom is 0.164 e. The zero-order chi connectivity index (χ0) is 15.0. The summed E-state index contributed by atoms with van der Waals surface area (Å²) in [5, 5.41) is 10.1. The fourth-order valence-corrected chi connectivity index (χ4v) is 2.51. The van der Waals surface area contributed by atoms with E-state index in [9.17, 15) is 9.90 Å². The number of hydrogen-bond donors (Lipinski definition) is 1. The molecule has 114 valence electrons. The van der Waals surface area contributed by atoms with Gasteiger partial charge in [0.2, 0.25) is 0 Å². The van der Waals surface area contributed by atoms with E-state index < -0.39 is 29.9 Å². The first-order valence-corrected chi connectivity index (χ1v) is 6.71. The van der Waals surface area contributed by atoms with Crippen molar-refractivity contribution in [2.45, 2.75) is 63.7 Å². The largest absolute Gasteiger partial charge is 0.386 e. The fraction of sp³-hybridized carbons (Fsp3) is 0.786. The summed E-state index contributed by atoms with van der Waals surface area (Å²) in [7, 11) is 0. The van der Waals surface area contributed by atoms with Crippen molar-refractivity contribution < 1.29 is 28.8 Å². The zero-order valence-electron chi connectivity index (χ0n) is 12.2. The molecule has 2 saturated heterocycles. The third kappa shape index (κ3) is 3.45. The van der Waals surface area contributed by atoms with Gasteiger partial charge in [-0.25, -0.2) is 0 Å². The molecule has 6 heteroatoms. The van der Waals surface area contributed by atoms with Crippen LogP contribution in [0.4, 0.5) is 0 Å². The second-order valence-corrected chi connectivity index (χ2v) is 5.94. The number of carbonyl (C=O) groups excluding carboxylic acids is 1. The van der Waals surface area contributed by atoms with Crippen molar-refractivity contribution in [2.75, 3.05) is 6.61 Å². The van der Waals surface area contributed by atoms with Crippen LogP contribution in [0.5, 0.6) is 0 Å². The van der Waals surface area contributed by atoms with E-state index in [-0.39, 0.29) is 6.10 Å². The van der Waals surface area contributed by atoms with Crippen LogP contribution < -0.4 is 0 Å². The molecule has 0 aromatic rings. The molecule has 0 bridgehead atoms. The van der Waals surface area contributed by atoms with Crippen molar-refractivity contribution in [1.29, 1.82) is 0 Å². The highest BCUT2D eigenvalue weighted by Gasteiger charge is 2.51. The van der Waals surface area contributed by atoms with Gasteiger partial charge in [0.05, 0.1) is 6.61 Å². The number of carbonyl (C=O) groups is 1. The molecule has 2 aliphatic heterocycles. The maximum atomic E-state index is 10.4. The predicted octanol–water partition coefficient (Wildman–Crippen LogP) is 0.774. The Kier molecular flexibility index (Phi) is 4.32. The molecule has 0 aliphatic carbocycles. The Morgan fingerprint density at radius 3 is 2.40 bits per heavy atom. The minimum Gasteiger partial charge on any atom is -0.386 e. The molecule has 2 rings (SSSR count). The van der Waals surface area contributed by atoms with Gasteiger partial charge in [-0.3, -0.25) is 4.79 Å². The van der Waals surface area contributed by atoms with Crippen LogP contribution >= 0.6 is 0 Å². The monoisotopic (exact) mass is 286 g/mol. The van der Waals surface area contributed by atoms with Gasteiger partial charge in [0.15, 0.2) is 11.6 Å². The Labute approximate surface area is 118 Å². The van der Waals surface area contributed by atoms with Crippen LogP contribution in [0.3, 0.4) is 0 Å². The van der Waals surface area contributed by atoms with Gasteiger partial charge >= 0.3 is 0 Å². The molecule has 20 heavy (non-hydrogen) atoms. The van der Waals surface area contributed by atoms with Gasteiger partial charge in [-0.15, -0.1) is 0 Å². The second kappa shape index (κ2) is 5.54. The first kappa shape index (κ1) is 15.6. The summed E-state index contributed by atoms with van der Waals surface area (Å²) >= 11 is 0. The van der Waals surface area contributed by atoms with Crippen LogP contribution in [0.25, 0.3) is 0 Å². The molecule has 0 saturated carbocycles. The first-order valence-electron chi connectivity index (χ1n) is 6.71. The van der Waals surface area contributed by atoms with E-state index in [1.165, 1.54) is 12.2 Å². The SMILES string of the molecule is CC1(C)O[C@H]([C@@H](O)/C=C/C=O)[C@@H]([C@H]2COC(C)(C)O2)O1. The van der Waals surface area contributed by atoms with Crippen LogP contribution in [-0.4, -0.2) is 54.0 Å². The van der Waals surface area contributed by atoms with Crippen LogP contribution in [0, 0.1) is 0 Å². The van der Waals surface area contributed by atoms with Crippen molar-refractivity contribution in [3.63, 3.8) is 0 Å². The molecule has 6 nitrogen and oxygen atoms in total. The lowest BCUT2D eigenvalue weighted by atomic mass is 10.0. The van der Waals surface area contributed by atoms with Crippen molar-refractivity contribution in [3.8, 4) is 0 Å². The molecule has 1 N–H and O–H groups in total. The van der Waals surface area contributed by atoms with Crippen LogP contribution in [0.2, 0.25) is 0 Å². The van der Waals surface area contributed by atoms with Crippen molar-refractivity contribution in [1.82, 2.24) is 0 Å². The summed E-state index contributed by atoms with van der Waals surface area (Å²) in [5.74, 6) is -1.49. The molecule has 4 atom stereocenters. The summed E-state index contributed by atoms with van der Waals surface area (Å²) in [6.07, 6.45) is 0.900. The molecule has 0 aromatic carbocycles. The van der Waals surface area contributed by atoms with Gasteiger partial charge in [-0.1, -0.05) is 6.08 Å². The van der Waals surface area contributed by atoms with Gasteiger partial charge < -0.3 is 24.1 Å². The Morgan fingerprint density at radius 2 is 1.85 bits per heavy atom. The highest BCUT2D eigenvalue weighted by molar-refractivity contribution is 5.64. The number of hydrogen-bond acceptors (Lipinski definition) is 6. The van der Waals surface area contributed by atoms with Crippen molar-refractivity contribution in [3.05, 3.63) is 12.2 Å². The lowest BCUT2D eigenvalue weighted by Gasteiger charge is -2.25. The highest BCUT2D eigenvalue weighted by atomic mass is 16.8. The molecule has 0 aromatic heterocycles. The third-order valence-electron chi connectivity index (χ3n) is 3.28. The maximum absolute atomic E-state index is 10.4. The van der Waals surface area contributed by atoms with Crippen LogP contribution in [0.15, 0.2) is 12.2 Å². The molecule has 2 aliphatic rings. The van der Waals surface area contributed by atoms with Crippen LogP contribution in [-0.2, 0) is 23.7 Å². The molecule has 0 amide bonds. The summed E-state index contributed by atoms with van der Waals surface area (Å²) < 4.78 is 22.9. The Bertz CT molecular complexity index is 389. The molecule has 0 unspecified atom stereocenters. The van der Waals surface area contributed by atoms with Gasteiger partial charge in [-0.2, -0.15) is 0 Å². The average Bonchev–Trinajstić information content (AvgIpc) is 2.85. The lowest BCUT2D eigenvalue weighted by molar-refractivity contribution is -0.175. The molecular formula is C14H22O6. The van der Waals surface area contributed by atoms with E-state index in [0.717, 1.165) is 0 Å². The van der Waals surface area contributed by atoms with Gasteiger partial charge in [0, 0.05) is 0 Å². The highest BCUT2D eigenvalue weighted by Crippen LogP contribution is 2.36. The van der Waals surface area contributed by atoms with E-state index in [2.05, 4.69) is 0 Å². The van der Waals surface area contributed by atoms with E-state index in [4.69, 9.17) is 18.9 Å². The Morgan fingerprint density at radius 1 is 1.15 bits per heavy atom. The quantitative estimate of drug-likeness (QED) is 0.608. The number of aldehydes is 1. The third-order valence-corrected chi connectivity index (χ3v) is 3.28. The normalized spacial score (nSPS) is 37.4. The van der Waals surface area contributed by atoms with Gasteiger partial charge in [-0.05, 0) is 33.8 Å². The number of rotatable bonds is 4. The molecule has 0 spiro atoms. The van der Waals surface area contributed by atoms with E-state index in [0.29, 0.717) is 12.9 Å². The molecule has 2 heterocycles. The minimum absolute atomic E-state index is 0.323. The van der Waals surface area contributed by atoms with Crippen molar-refractivity contribution >= 4 is 6.29 Å². The number of aliphatic hydroxyl groups is 1. The average molecular weight is 286 g/mol. The molecule has 0 radical (unpaired) electrons. The second-order valence-electron chi connectivity index (χ2n) is 5.94. The topological polar surface area (TPSA) is 74.2 Å². The minimum atomic E-state index is -0.945. The lowest BCUT2D eigenvalue weighted by Crippen LogP contribution is -2.43. The first-order chi connectivity index (χ1) is 9.24. The summed E-state index contributed by atoms with van der Waals surface area (Å²) in [6.45, 7) is 7.57. The fourth-order valence-electron chi connectivity index (χ4n) is 2.51. The predicted molar refractivity (Wildman–Crippen MR) is 69.9 cm³/mol. The van der Waals surface area contributed by atoms with E-state index in [1.807, 2.05) is 13.8 Å². The summed E-state index contributed by atoms with van der Waals surface area (Å²) in [6, 6.07) is 0. The van der Waals surface area contributed by atoms with Crippen LogP contribution in [0.1, 0.15) is 27.7 Å². The molecular weight excluding hydrogens is 264 g/mol. The number of allylic oxidation sites excluding steroid dienone is 1. The summed E-state index contributed by atoms with van der Waals surface area (Å²) in [5.41, 5.74) is 0. The zero-order valence-corrected chi connectivity index (χ0v) is 12.2. The molecule has 2 fully saturated rings.